The van der Waals surface area contributed by atoms with E-state index in [1.165, 1.54) is 12.8 Å². The first-order chi connectivity index (χ1) is 8.04. The number of carbonyl (C=O) groups excluding carboxylic acids is 1. The van der Waals surface area contributed by atoms with Crippen LogP contribution in [0.5, 0.6) is 5.75 Å². The lowest BCUT2D eigenvalue weighted by atomic mass is 10.1. The minimum Gasteiger partial charge on any atom is -0.496 e. The van der Waals surface area contributed by atoms with Crippen molar-refractivity contribution in [3.05, 3.63) is 28.2 Å². The second-order valence-electron chi connectivity index (χ2n) is 4.84. The van der Waals surface area contributed by atoms with Crippen molar-refractivity contribution in [3.63, 3.8) is 0 Å². The van der Waals surface area contributed by atoms with E-state index < -0.39 is 0 Å². The third-order valence-electron chi connectivity index (χ3n) is 3.19. The number of halogens is 1. The highest BCUT2D eigenvalue weighted by Gasteiger charge is 2.37. The van der Waals surface area contributed by atoms with Gasteiger partial charge in [-0.2, -0.15) is 0 Å². The Bertz CT molecular complexity index is 441. The van der Waals surface area contributed by atoms with Crippen molar-refractivity contribution in [2.45, 2.75) is 19.8 Å². The third kappa shape index (κ3) is 3.00. The fourth-order valence-corrected chi connectivity index (χ4v) is 2.13. The molecule has 1 aliphatic rings. The van der Waals surface area contributed by atoms with E-state index in [-0.39, 0.29) is 5.91 Å². The van der Waals surface area contributed by atoms with Gasteiger partial charge in [0.1, 0.15) is 5.75 Å². The van der Waals surface area contributed by atoms with E-state index in [4.69, 9.17) is 4.74 Å². The van der Waals surface area contributed by atoms with Gasteiger partial charge in [-0.05, 0) is 52.4 Å². The highest BCUT2D eigenvalue weighted by Crippen LogP contribution is 2.44. The molecule has 1 aliphatic carbocycles. The Labute approximate surface area is 110 Å². The van der Waals surface area contributed by atoms with Crippen LogP contribution in [0.25, 0.3) is 0 Å². The molecule has 0 aliphatic heterocycles. The molecule has 92 valence electrons. The summed E-state index contributed by atoms with van der Waals surface area (Å²) in [5.74, 6) is 0.706. The summed E-state index contributed by atoms with van der Waals surface area (Å²) in [6.45, 7) is 2.95. The van der Waals surface area contributed by atoms with Gasteiger partial charge < -0.3 is 10.1 Å². The third-order valence-corrected chi connectivity index (χ3v) is 3.81. The molecule has 3 nitrogen and oxygen atoms in total. The molecular formula is C13H16BrNO2. The van der Waals surface area contributed by atoms with E-state index in [9.17, 15) is 4.79 Å². The fraction of sp³-hybridized carbons (Fsp3) is 0.462. The van der Waals surface area contributed by atoms with Gasteiger partial charge in [-0.25, -0.2) is 0 Å². The van der Waals surface area contributed by atoms with Crippen molar-refractivity contribution >= 4 is 21.8 Å². The van der Waals surface area contributed by atoms with Gasteiger partial charge >= 0.3 is 0 Å². The van der Waals surface area contributed by atoms with Crippen LogP contribution >= 0.6 is 15.9 Å². The summed E-state index contributed by atoms with van der Waals surface area (Å²) in [6, 6.07) is 5.34. The summed E-state index contributed by atoms with van der Waals surface area (Å²) < 4.78 is 5.92. The molecule has 0 heterocycles. The van der Waals surface area contributed by atoms with E-state index in [2.05, 4.69) is 28.2 Å². The Balaban J connectivity index is 2.01. The van der Waals surface area contributed by atoms with Gasteiger partial charge in [0.2, 0.25) is 0 Å². The SMILES string of the molecule is COc1ccc(C(=O)NCC2(C)CC2)cc1Br. The highest BCUT2D eigenvalue weighted by atomic mass is 79.9. The maximum absolute atomic E-state index is 11.9. The Hall–Kier alpha value is -1.03. The van der Waals surface area contributed by atoms with Crippen molar-refractivity contribution in [1.82, 2.24) is 5.32 Å². The number of nitrogens with one attached hydrogen (secondary N) is 1. The number of ether oxygens (including phenoxy) is 1. The lowest BCUT2D eigenvalue weighted by Gasteiger charge is -2.11. The van der Waals surface area contributed by atoms with Crippen LogP contribution in [0.1, 0.15) is 30.1 Å². The molecule has 1 fully saturated rings. The zero-order valence-electron chi connectivity index (χ0n) is 10.0. The van der Waals surface area contributed by atoms with Crippen LogP contribution in [0.15, 0.2) is 22.7 Å². The fourth-order valence-electron chi connectivity index (χ4n) is 1.59. The summed E-state index contributed by atoms with van der Waals surface area (Å²) >= 11 is 3.37. The highest BCUT2D eigenvalue weighted by molar-refractivity contribution is 9.10. The monoisotopic (exact) mass is 297 g/mol. The molecule has 0 saturated heterocycles. The number of carbonyl (C=O) groups is 1. The molecule has 2 rings (SSSR count). The average molecular weight is 298 g/mol. The largest absolute Gasteiger partial charge is 0.496 e. The van der Waals surface area contributed by atoms with Crippen molar-refractivity contribution in [3.8, 4) is 5.75 Å². The lowest BCUT2D eigenvalue weighted by molar-refractivity contribution is 0.0946. The molecule has 0 radical (unpaired) electrons. The number of methoxy groups -OCH3 is 1. The molecule has 0 spiro atoms. The van der Waals surface area contributed by atoms with Crippen molar-refractivity contribution in [2.75, 3.05) is 13.7 Å². The van der Waals surface area contributed by atoms with Crippen molar-refractivity contribution in [1.29, 1.82) is 0 Å². The van der Waals surface area contributed by atoms with Gasteiger partial charge in [-0.15, -0.1) is 0 Å². The van der Waals surface area contributed by atoms with Gasteiger partial charge in [0.15, 0.2) is 0 Å². The summed E-state index contributed by atoms with van der Waals surface area (Å²) in [5, 5.41) is 2.97. The molecule has 0 aromatic heterocycles. The predicted molar refractivity (Wildman–Crippen MR) is 70.4 cm³/mol. The first-order valence-corrected chi connectivity index (χ1v) is 6.45. The molecule has 1 N–H and O–H groups in total. The number of rotatable bonds is 4. The number of benzene rings is 1. The molecule has 1 aromatic carbocycles. The van der Waals surface area contributed by atoms with Crippen LogP contribution in [-0.4, -0.2) is 19.6 Å². The number of hydrogen-bond acceptors (Lipinski definition) is 2. The summed E-state index contributed by atoms with van der Waals surface area (Å²) in [6.07, 6.45) is 2.42. The lowest BCUT2D eigenvalue weighted by Crippen LogP contribution is -2.28. The first kappa shape index (κ1) is 12.4. The Morgan fingerprint density at radius 3 is 2.76 bits per heavy atom. The van der Waals surface area contributed by atoms with E-state index in [0.29, 0.717) is 11.0 Å². The number of hydrogen-bond donors (Lipinski definition) is 1. The molecule has 4 heteroatoms. The molecule has 0 atom stereocenters. The summed E-state index contributed by atoms with van der Waals surface area (Å²) in [5.41, 5.74) is 0.987. The molecule has 17 heavy (non-hydrogen) atoms. The standard InChI is InChI=1S/C13H16BrNO2/c1-13(5-6-13)8-15-12(16)9-3-4-11(17-2)10(14)7-9/h3-4,7H,5-6,8H2,1-2H3,(H,15,16). The topological polar surface area (TPSA) is 38.3 Å². The van der Waals surface area contributed by atoms with Crippen LogP contribution < -0.4 is 10.1 Å². The maximum Gasteiger partial charge on any atom is 0.251 e. The molecule has 1 saturated carbocycles. The zero-order valence-corrected chi connectivity index (χ0v) is 11.6. The maximum atomic E-state index is 11.9. The average Bonchev–Trinajstić information content (AvgIpc) is 3.05. The van der Waals surface area contributed by atoms with E-state index in [1.807, 2.05) is 0 Å². The van der Waals surface area contributed by atoms with Gasteiger partial charge in [-0.3, -0.25) is 4.79 Å². The Morgan fingerprint density at radius 2 is 2.24 bits per heavy atom. The van der Waals surface area contributed by atoms with Gasteiger partial charge in [-0.1, -0.05) is 6.92 Å². The smallest absolute Gasteiger partial charge is 0.251 e. The molecule has 0 unspecified atom stereocenters. The molecule has 1 aromatic rings. The predicted octanol–water partition coefficient (Wildman–Crippen LogP) is 2.99. The van der Waals surface area contributed by atoms with Crippen LogP contribution in [0, 0.1) is 5.41 Å². The van der Waals surface area contributed by atoms with Gasteiger partial charge in [0, 0.05) is 12.1 Å². The van der Waals surface area contributed by atoms with Crippen LogP contribution in [0.2, 0.25) is 0 Å². The van der Waals surface area contributed by atoms with Gasteiger partial charge in [0.25, 0.3) is 5.91 Å². The second kappa shape index (κ2) is 4.69. The van der Waals surface area contributed by atoms with Gasteiger partial charge in [0.05, 0.1) is 11.6 Å². The molecular weight excluding hydrogens is 282 g/mol. The van der Waals surface area contributed by atoms with Crippen LogP contribution in [0.4, 0.5) is 0 Å². The van der Waals surface area contributed by atoms with Crippen molar-refractivity contribution in [2.24, 2.45) is 5.41 Å². The molecule has 0 bridgehead atoms. The minimum atomic E-state index is -0.0264. The van der Waals surface area contributed by atoms with Crippen molar-refractivity contribution < 1.29 is 9.53 Å². The van der Waals surface area contributed by atoms with Crippen LogP contribution in [-0.2, 0) is 0 Å². The second-order valence-corrected chi connectivity index (χ2v) is 5.70. The Morgan fingerprint density at radius 1 is 1.53 bits per heavy atom. The minimum absolute atomic E-state index is 0.0264. The van der Waals surface area contributed by atoms with E-state index >= 15 is 0 Å². The quantitative estimate of drug-likeness (QED) is 0.928. The first-order valence-electron chi connectivity index (χ1n) is 5.66. The van der Waals surface area contributed by atoms with E-state index in [0.717, 1.165) is 16.8 Å². The zero-order chi connectivity index (χ0) is 12.5. The van der Waals surface area contributed by atoms with Crippen LogP contribution in [0.3, 0.4) is 0 Å². The van der Waals surface area contributed by atoms with E-state index in [1.54, 1.807) is 25.3 Å². The summed E-state index contributed by atoms with van der Waals surface area (Å²) in [4.78, 5) is 11.9. The Kier molecular flexibility index (Phi) is 3.43. The molecule has 1 amide bonds. The normalized spacial score (nSPS) is 16.4. The number of amides is 1. The summed E-state index contributed by atoms with van der Waals surface area (Å²) in [7, 11) is 1.60.